The molecular weight excluding hydrogens is 472 g/mol. The van der Waals surface area contributed by atoms with Crippen molar-refractivity contribution < 1.29 is 28.9 Å². The molecule has 198 valence electrons. The molecule has 0 saturated carbocycles. The lowest BCUT2D eigenvalue weighted by atomic mass is 9.94. The summed E-state index contributed by atoms with van der Waals surface area (Å²) in [6.45, 7) is 8.45. The zero-order chi connectivity index (χ0) is 26.4. The molecule has 2 heterocycles. The lowest BCUT2D eigenvalue weighted by Crippen LogP contribution is -2.42. The van der Waals surface area contributed by atoms with Gasteiger partial charge in [-0.05, 0) is 54.8 Å². The number of morpholine rings is 1. The predicted molar refractivity (Wildman–Crippen MR) is 141 cm³/mol. The minimum absolute atomic E-state index is 0.0937. The van der Waals surface area contributed by atoms with Gasteiger partial charge >= 0.3 is 0 Å². The fraction of sp³-hybridized carbons (Fsp3) is 0.448. The number of unbranched alkanes of at least 4 members (excludes halogenated alkanes) is 1. The molecule has 2 aliphatic rings. The standard InChI is InChI=1S/C29H36N2O6/c1-4-5-16-37-23-9-6-21(7-10-23)26-25(27(32)22-8-11-24(35-3)20(2)19-22)28(33)29(34)31(26)13-12-30-14-17-36-18-15-30/h6-11,19,26,32H,4-5,12-18H2,1-3H3/b27-25+. The van der Waals surface area contributed by atoms with Crippen molar-refractivity contribution in [1.29, 1.82) is 0 Å². The Morgan fingerprint density at radius 2 is 1.81 bits per heavy atom. The van der Waals surface area contributed by atoms with Crippen molar-refractivity contribution in [1.82, 2.24) is 9.80 Å². The van der Waals surface area contributed by atoms with Crippen LogP contribution in [0.5, 0.6) is 11.5 Å². The van der Waals surface area contributed by atoms with E-state index in [4.69, 9.17) is 14.2 Å². The number of amides is 1. The number of carbonyl (C=O) groups excluding carboxylic acids is 2. The number of nitrogens with zero attached hydrogens (tertiary/aromatic N) is 2. The van der Waals surface area contributed by atoms with Crippen LogP contribution in [0, 0.1) is 6.92 Å². The van der Waals surface area contributed by atoms with Gasteiger partial charge in [0, 0.05) is 31.7 Å². The zero-order valence-electron chi connectivity index (χ0n) is 21.9. The van der Waals surface area contributed by atoms with Crippen molar-refractivity contribution in [3.05, 3.63) is 64.7 Å². The van der Waals surface area contributed by atoms with E-state index in [1.54, 1.807) is 30.2 Å². The van der Waals surface area contributed by atoms with Crippen LogP contribution >= 0.6 is 0 Å². The SMILES string of the molecule is CCCCOc1ccc(C2/C(=C(\O)c3ccc(OC)c(C)c3)C(=O)C(=O)N2CCN2CCOCC2)cc1. The summed E-state index contributed by atoms with van der Waals surface area (Å²) in [5.74, 6) is -0.0632. The number of methoxy groups -OCH3 is 1. The van der Waals surface area contributed by atoms with Gasteiger partial charge in [-0.25, -0.2) is 0 Å². The summed E-state index contributed by atoms with van der Waals surface area (Å²) in [4.78, 5) is 30.4. The molecule has 0 aromatic heterocycles. The first kappa shape index (κ1) is 26.7. The molecule has 2 aliphatic heterocycles. The van der Waals surface area contributed by atoms with E-state index in [0.29, 0.717) is 44.2 Å². The Labute approximate surface area is 218 Å². The number of Topliss-reactive ketones (excluding diaryl/α,β-unsaturated/α-hetero) is 1. The molecule has 1 amide bonds. The van der Waals surface area contributed by atoms with Crippen LogP contribution in [0.2, 0.25) is 0 Å². The molecule has 8 heteroatoms. The van der Waals surface area contributed by atoms with Gasteiger partial charge in [0.2, 0.25) is 0 Å². The molecule has 0 aliphatic carbocycles. The van der Waals surface area contributed by atoms with E-state index in [2.05, 4.69) is 11.8 Å². The number of aliphatic hydroxyl groups excluding tert-OH is 1. The number of aliphatic hydroxyl groups is 1. The van der Waals surface area contributed by atoms with Crippen LogP contribution in [0.1, 0.15) is 42.5 Å². The molecular formula is C29H36N2O6. The van der Waals surface area contributed by atoms with Crippen molar-refractivity contribution in [2.45, 2.75) is 32.7 Å². The fourth-order valence-electron chi connectivity index (χ4n) is 4.79. The van der Waals surface area contributed by atoms with Crippen molar-refractivity contribution in [2.24, 2.45) is 0 Å². The highest BCUT2D eigenvalue weighted by Gasteiger charge is 2.46. The maximum atomic E-state index is 13.3. The average molecular weight is 509 g/mol. The average Bonchev–Trinajstić information content (AvgIpc) is 3.17. The minimum atomic E-state index is -0.701. The molecule has 2 aromatic carbocycles. The van der Waals surface area contributed by atoms with Crippen molar-refractivity contribution in [3.63, 3.8) is 0 Å². The number of ketones is 1. The Kier molecular flexibility index (Phi) is 8.84. The van der Waals surface area contributed by atoms with Gasteiger partial charge in [0.05, 0.1) is 38.5 Å². The number of carbonyl (C=O) groups is 2. The number of hydrogen-bond donors (Lipinski definition) is 1. The van der Waals surface area contributed by atoms with Gasteiger partial charge in [0.15, 0.2) is 0 Å². The first-order valence-corrected chi connectivity index (χ1v) is 12.9. The highest BCUT2D eigenvalue weighted by Crippen LogP contribution is 2.40. The number of aryl methyl sites for hydroxylation is 1. The Bertz CT molecular complexity index is 1140. The lowest BCUT2D eigenvalue weighted by Gasteiger charge is -2.31. The summed E-state index contributed by atoms with van der Waals surface area (Å²) >= 11 is 0. The second-order valence-electron chi connectivity index (χ2n) is 9.40. The second kappa shape index (κ2) is 12.3. The summed E-state index contributed by atoms with van der Waals surface area (Å²) in [5.41, 5.74) is 2.12. The largest absolute Gasteiger partial charge is 0.507 e. The van der Waals surface area contributed by atoms with Crippen LogP contribution in [-0.4, -0.2) is 79.7 Å². The molecule has 2 fully saturated rings. The summed E-state index contributed by atoms with van der Waals surface area (Å²) in [6.07, 6.45) is 2.01. The number of ether oxygens (including phenoxy) is 3. The Hall–Kier alpha value is -3.36. The quantitative estimate of drug-likeness (QED) is 0.225. The third-order valence-electron chi connectivity index (χ3n) is 6.93. The Balaban J connectivity index is 1.69. The predicted octanol–water partition coefficient (Wildman–Crippen LogP) is 3.94. The third-order valence-corrected chi connectivity index (χ3v) is 6.93. The first-order valence-electron chi connectivity index (χ1n) is 12.9. The lowest BCUT2D eigenvalue weighted by molar-refractivity contribution is -0.140. The van der Waals surface area contributed by atoms with E-state index in [0.717, 1.165) is 42.8 Å². The molecule has 0 spiro atoms. The van der Waals surface area contributed by atoms with Gasteiger partial charge in [-0.1, -0.05) is 25.5 Å². The van der Waals surface area contributed by atoms with Gasteiger partial charge in [0.25, 0.3) is 11.7 Å². The van der Waals surface area contributed by atoms with Crippen LogP contribution in [0.15, 0.2) is 48.0 Å². The zero-order valence-corrected chi connectivity index (χ0v) is 21.9. The fourth-order valence-corrected chi connectivity index (χ4v) is 4.79. The van der Waals surface area contributed by atoms with Crippen LogP contribution in [0.3, 0.4) is 0 Å². The van der Waals surface area contributed by atoms with Gasteiger partial charge < -0.3 is 24.2 Å². The molecule has 2 aromatic rings. The molecule has 1 N–H and O–H groups in total. The monoisotopic (exact) mass is 508 g/mol. The van der Waals surface area contributed by atoms with Gasteiger partial charge in [-0.3, -0.25) is 14.5 Å². The summed E-state index contributed by atoms with van der Waals surface area (Å²) in [5, 5.41) is 11.3. The van der Waals surface area contributed by atoms with E-state index in [1.165, 1.54) is 0 Å². The van der Waals surface area contributed by atoms with Crippen LogP contribution in [-0.2, 0) is 14.3 Å². The van der Waals surface area contributed by atoms with E-state index >= 15 is 0 Å². The van der Waals surface area contributed by atoms with Gasteiger partial charge in [-0.15, -0.1) is 0 Å². The second-order valence-corrected chi connectivity index (χ2v) is 9.40. The number of likely N-dealkylation sites (tertiary alicyclic amines) is 1. The topological polar surface area (TPSA) is 88.5 Å². The van der Waals surface area contributed by atoms with Crippen molar-refractivity contribution >= 4 is 17.4 Å². The van der Waals surface area contributed by atoms with Gasteiger partial charge in [0.1, 0.15) is 17.3 Å². The molecule has 2 saturated heterocycles. The normalized spacial score (nSPS) is 19.9. The number of hydrogen-bond acceptors (Lipinski definition) is 7. The molecule has 0 bridgehead atoms. The van der Waals surface area contributed by atoms with Crippen LogP contribution < -0.4 is 9.47 Å². The first-order chi connectivity index (χ1) is 17.9. The maximum absolute atomic E-state index is 13.3. The smallest absolute Gasteiger partial charge is 0.295 e. The maximum Gasteiger partial charge on any atom is 0.295 e. The van der Waals surface area contributed by atoms with Gasteiger partial charge in [-0.2, -0.15) is 0 Å². The molecule has 1 atom stereocenters. The van der Waals surface area contributed by atoms with Crippen LogP contribution in [0.25, 0.3) is 5.76 Å². The highest BCUT2D eigenvalue weighted by molar-refractivity contribution is 6.46. The van der Waals surface area contributed by atoms with E-state index < -0.39 is 17.7 Å². The molecule has 4 rings (SSSR count). The van der Waals surface area contributed by atoms with Crippen molar-refractivity contribution in [3.8, 4) is 11.5 Å². The van der Waals surface area contributed by atoms with E-state index in [1.807, 2.05) is 31.2 Å². The summed E-state index contributed by atoms with van der Waals surface area (Å²) in [6, 6.07) is 11.9. The number of rotatable bonds is 10. The molecule has 1 unspecified atom stereocenters. The number of benzene rings is 2. The highest BCUT2D eigenvalue weighted by atomic mass is 16.5. The molecule has 37 heavy (non-hydrogen) atoms. The van der Waals surface area contributed by atoms with E-state index in [9.17, 15) is 14.7 Å². The minimum Gasteiger partial charge on any atom is -0.507 e. The van der Waals surface area contributed by atoms with Crippen LogP contribution in [0.4, 0.5) is 0 Å². The molecule has 0 radical (unpaired) electrons. The Morgan fingerprint density at radius 1 is 1.08 bits per heavy atom. The Morgan fingerprint density at radius 3 is 2.46 bits per heavy atom. The summed E-state index contributed by atoms with van der Waals surface area (Å²) in [7, 11) is 1.58. The van der Waals surface area contributed by atoms with E-state index in [-0.39, 0.29) is 11.3 Å². The molecule has 8 nitrogen and oxygen atoms in total. The third kappa shape index (κ3) is 5.97. The van der Waals surface area contributed by atoms with Crippen molar-refractivity contribution in [2.75, 3.05) is 53.1 Å². The summed E-state index contributed by atoms with van der Waals surface area (Å²) < 4.78 is 16.6.